The lowest BCUT2D eigenvalue weighted by Crippen LogP contribution is -2.42. The van der Waals surface area contributed by atoms with E-state index in [9.17, 15) is 13.2 Å². The summed E-state index contributed by atoms with van der Waals surface area (Å²) in [7, 11) is -4.05. The second-order valence-corrected chi connectivity index (χ2v) is 7.57. The molecule has 148 valence electrons. The average Bonchev–Trinajstić information content (AvgIpc) is 2.54. The molecule has 0 radical (unpaired) electrons. The molecule has 8 nitrogen and oxygen atoms in total. The van der Waals surface area contributed by atoms with E-state index < -0.39 is 16.1 Å². The van der Waals surface area contributed by atoms with Crippen molar-refractivity contribution in [3.63, 3.8) is 0 Å². The smallest absolute Gasteiger partial charge is 0.328 e. The Morgan fingerprint density at radius 1 is 1.26 bits per heavy atom. The van der Waals surface area contributed by atoms with Gasteiger partial charge in [0.25, 0.3) is 10.0 Å². The second kappa shape index (κ2) is 10.5. The quantitative estimate of drug-likeness (QED) is 0.618. The number of pyridine rings is 1. The highest BCUT2D eigenvalue weighted by molar-refractivity contribution is 7.90. The number of urea groups is 1. The number of carbonyl (C=O) groups is 1. The number of aromatic nitrogens is 1. The summed E-state index contributed by atoms with van der Waals surface area (Å²) in [5.41, 5.74) is 2.11. The van der Waals surface area contributed by atoms with Gasteiger partial charge in [0.2, 0.25) is 0 Å². The van der Waals surface area contributed by atoms with Crippen molar-refractivity contribution in [2.75, 3.05) is 11.9 Å². The zero-order valence-electron chi connectivity index (χ0n) is 15.9. The van der Waals surface area contributed by atoms with Gasteiger partial charge in [-0.3, -0.25) is 4.98 Å². The van der Waals surface area contributed by atoms with E-state index in [1.807, 2.05) is 35.9 Å². The van der Waals surface area contributed by atoms with Gasteiger partial charge in [-0.1, -0.05) is 12.1 Å². The van der Waals surface area contributed by atoms with Gasteiger partial charge in [0, 0.05) is 30.7 Å². The van der Waals surface area contributed by atoms with E-state index in [-0.39, 0.29) is 17.5 Å². The van der Waals surface area contributed by atoms with Crippen molar-refractivity contribution in [2.45, 2.75) is 38.6 Å². The van der Waals surface area contributed by atoms with Crippen LogP contribution in [-0.4, -0.2) is 37.2 Å². The summed E-state index contributed by atoms with van der Waals surface area (Å²) in [6, 6.07) is 8.08. The minimum absolute atomic E-state index is 0.106. The van der Waals surface area contributed by atoms with E-state index in [0.29, 0.717) is 5.69 Å². The number of nitrogens with zero attached hydrogens (tertiary/aromatic N) is 1. The van der Waals surface area contributed by atoms with Gasteiger partial charge in [-0.25, -0.2) is 17.9 Å². The summed E-state index contributed by atoms with van der Waals surface area (Å²) < 4.78 is 26.9. The molecule has 0 atom stereocenters. The molecule has 1 aromatic carbocycles. The molecule has 0 aliphatic carbocycles. The van der Waals surface area contributed by atoms with Crippen molar-refractivity contribution >= 4 is 27.4 Å². The molecule has 1 heterocycles. The number of benzene rings is 1. The number of sulfonamides is 1. The number of aliphatic hydroxyl groups is 1. The lowest BCUT2D eigenvalue weighted by atomic mass is 10.2. The third-order valence-electron chi connectivity index (χ3n) is 3.02. The Morgan fingerprint density at radius 3 is 2.52 bits per heavy atom. The predicted octanol–water partition coefficient (Wildman–Crippen LogP) is 2.53. The topological polar surface area (TPSA) is 120 Å². The first kappa shape index (κ1) is 22.4. The van der Waals surface area contributed by atoms with Crippen LogP contribution < -0.4 is 15.4 Å². The Hall–Kier alpha value is -2.65. The molecule has 2 aromatic rings. The van der Waals surface area contributed by atoms with E-state index in [2.05, 4.69) is 15.6 Å². The number of hydrogen-bond acceptors (Lipinski definition) is 6. The SMILES string of the molecule is CCO.Cc1cccc(Nc2ccncc2S(=O)(=O)NC(=O)NC(C)C)c1. The molecule has 0 fully saturated rings. The van der Waals surface area contributed by atoms with Gasteiger partial charge in [0.05, 0.1) is 5.69 Å². The van der Waals surface area contributed by atoms with Gasteiger partial charge >= 0.3 is 6.03 Å². The van der Waals surface area contributed by atoms with Gasteiger partial charge in [-0.15, -0.1) is 0 Å². The van der Waals surface area contributed by atoms with Crippen LogP contribution in [0.5, 0.6) is 0 Å². The third-order valence-corrected chi connectivity index (χ3v) is 4.38. The third kappa shape index (κ3) is 7.63. The van der Waals surface area contributed by atoms with Crippen molar-refractivity contribution in [2.24, 2.45) is 0 Å². The first-order valence-electron chi connectivity index (χ1n) is 8.41. The fourth-order valence-electron chi connectivity index (χ4n) is 2.04. The molecule has 4 N–H and O–H groups in total. The molecule has 2 amide bonds. The molecule has 27 heavy (non-hydrogen) atoms. The number of aliphatic hydroxyl groups excluding tert-OH is 1. The Balaban J connectivity index is 0.00000114. The second-order valence-electron chi connectivity index (χ2n) is 5.92. The molecule has 0 saturated carbocycles. The van der Waals surface area contributed by atoms with E-state index in [0.717, 1.165) is 11.3 Å². The van der Waals surface area contributed by atoms with Gasteiger partial charge in [-0.2, -0.15) is 0 Å². The van der Waals surface area contributed by atoms with E-state index in [4.69, 9.17) is 5.11 Å². The minimum Gasteiger partial charge on any atom is -0.397 e. The molecule has 0 aliphatic rings. The molecular weight excluding hydrogens is 368 g/mol. The molecule has 9 heteroatoms. The van der Waals surface area contributed by atoms with Crippen LogP contribution in [0.1, 0.15) is 26.3 Å². The highest BCUT2D eigenvalue weighted by atomic mass is 32.2. The van der Waals surface area contributed by atoms with Crippen LogP contribution >= 0.6 is 0 Å². The fourth-order valence-corrected chi connectivity index (χ4v) is 3.07. The Morgan fingerprint density at radius 2 is 1.93 bits per heavy atom. The lowest BCUT2D eigenvalue weighted by Gasteiger charge is -2.14. The summed E-state index contributed by atoms with van der Waals surface area (Å²) >= 11 is 0. The zero-order chi connectivity index (χ0) is 20.4. The van der Waals surface area contributed by atoms with Crippen LogP contribution in [0.25, 0.3) is 0 Å². The van der Waals surface area contributed by atoms with Crippen molar-refractivity contribution in [3.05, 3.63) is 48.3 Å². The lowest BCUT2D eigenvalue weighted by molar-refractivity contribution is 0.243. The van der Waals surface area contributed by atoms with Crippen molar-refractivity contribution in [1.82, 2.24) is 15.0 Å². The average molecular weight is 394 g/mol. The molecule has 0 unspecified atom stereocenters. The highest BCUT2D eigenvalue weighted by Crippen LogP contribution is 2.24. The molecular formula is C18H26N4O4S. The fraction of sp³-hybridized carbons (Fsp3) is 0.333. The molecule has 1 aromatic heterocycles. The van der Waals surface area contributed by atoms with Crippen molar-refractivity contribution < 1.29 is 18.3 Å². The maximum Gasteiger partial charge on any atom is 0.328 e. The normalized spacial score (nSPS) is 10.6. The van der Waals surface area contributed by atoms with Crippen LogP contribution in [0, 0.1) is 6.92 Å². The van der Waals surface area contributed by atoms with Crippen LogP contribution in [0.15, 0.2) is 47.6 Å². The maximum absolute atomic E-state index is 12.5. The molecule has 2 rings (SSSR count). The first-order chi connectivity index (χ1) is 12.7. The van der Waals surface area contributed by atoms with Gasteiger partial charge in [0.15, 0.2) is 0 Å². The number of amides is 2. The number of hydrogen-bond donors (Lipinski definition) is 4. The predicted molar refractivity (Wildman–Crippen MR) is 105 cm³/mol. The van der Waals surface area contributed by atoms with E-state index in [1.165, 1.54) is 18.5 Å². The number of carbonyl (C=O) groups excluding carboxylic acids is 1. The Bertz CT molecular complexity index is 854. The largest absolute Gasteiger partial charge is 0.397 e. The highest BCUT2D eigenvalue weighted by Gasteiger charge is 2.22. The monoisotopic (exact) mass is 394 g/mol. The van der Waals surface area contributed by atoms with Crippen LogP contribution in [0.4, 0.5) is 16.2 Å². The number of nitrogens with one attached hydrogen (secondary N) is 3. The van der Waals surface area contributed by atoms with E-state index >= 15 is 0 Å². The Kier molecular flexibility index (Phi) is 8.70. The summed E-state index contributed by atoms with van der Waals surface area (Å²) in [6.45, 7) is 7.34. The van der Waals surface area contributed by atoms with Crippen LogP contribution in [0.3, 0.4) is 0 Å². The minimum atomic E-state index is -4.05. The van der Waals surface area contributed by atoms with Gasteiger partial charge in [0.1, 0.15) is 4.90 Å². The standard InChI is InChI=1S/C16H20N4O3S.C2H6O/c1-11(2)18-16(21)20-24(22,23)15-10-17-8-7-14(15)19-13-6-4-5-12(3)9-13;1-2-3/h4-11H,1-3H3,(H,17,19)(H2,18,20,21);3H,2H2,1H3. The zero-order valence-corrected chi connectivity index (χ0v) is 16.7. The Labute approximate surface area is 160 Å². The molecule has 0 spiro atoms. The summed E-state index contributed by atoms with van der Waals surface area (Å²) in [5, 5.41) is 13.1. The van der Waals surface area contributed by atoms with Crippen LogP contribution in [-0.2, 0) is 10.0 Å². The maximum atomic E-state index is 12.5. The molecule has 0 aliphatic heterocycles. The molecule has 0 bridgehead atoms. The first-order valence-corrected chi connectivity index (χ1v) is 9.89. The van der Waals surface area contributed by atoms with Crippen molar-refractivity contribution in [1.29, 1.82) is 0 Å². The number of aryl methyl sites for hydroxylation is 1. The summed E-state index contributed by atoms with van der Waals surface area (Å²) in [4.78, 5) is 15.5. The van der Waals surface area contributed by atoms with Gasteiger partial charge < -0.3 is 15.7 Å². The van der Waals surface area contributed by atoms with Gasteiger partial charge in [-0.05, 0) is 51.5 Å². The molecule has 0 saturated heterocycles. The summed E-state index contributed by atoms with van der Waals surface area (Å²) in [6.07, 6.45) is 2.68. The number of rotatable bonds is 5. The number of anilines is 2. The summed E-state index contributed by atoms with van der Waals surface area (Å²) in [5.74, 6) is 0. The van der Waals surface area contributed by atoms with Crippen molar-refractivity contribution in [3.8, 4) is 0 Å². The van der Waals surface area contributed by atoms with Crippen LogP contribution in [0.2, 0.25) is 0 Å². The van der Waals surface area contributed by atoms with E-state index in [1.54, 1.807) is 20.8 Å².